The molecule has 0 bridgehead atoms. The Morgan fingerprint density at radius 3 is 2.50 bits per heavy atom. The molecule has 3 rings (SSSR count). The largest absolute Gasteiger partial charge is 0.353 e. The van der Waals surface area contributed by atoms with Gasteiger partial charge in [-0.15, -0.1) is 0 Å². The summed E-state index contributed by atoms with van der Waals surface area (Å²) in [7, 11) is 0. The minimum absolute atomic E-state index is 0.224. The van der Waals surface area contributed by atoms with Gasteiger partial charge in [-0.2, -0.15) is 0 Å². The van der Waals surface area contributed by atoms with Gasteiger partial charge < -0.3 is 9.80 Å². The first-order valence-electron chi connectivity index (χ1n) is 8.35. The van der Waals surface area contributed by atoms with Crippen LogP contribution in [0.3, 0.4) is 0 Å². The van der Waals surface area contributed by atoms with E-state index in [-0.39, 0.29) is 5.91 Å². The lowest BCUT2D eigenvalue weighted by Crippen LogP contribution is -2.49. The molecule has 0 unspecified atom stereocenters. The van der Waals surface area contributed by atoms with Crippen molar-refractivity contribution >= 4 is 11.7 Å². The van der Waals surface area contributed by atoms with Gasteiger partial charge in [0.05, 0.1) is 0 Å². The van der Waals surface area contributed by atoms with Crippen molar-refractivity contribution in [1.82, 2.24) is 19.9 Å². The summed E-state index contributed by atoms with van der Waals surface area (Å²) in [5.41, 5.74) is 3.29. The Morgan fingerprint density at radius 2 is 1.79 bits per heavy atom. The molecule has 1 aliphatic rings. The maximum absolute atomic E-state index is 12.4. The summed E-state index contributed by atoms with van der Waals surface area (Å²) in [6.45, 7) is 7.18. The van der Waals surface area contributed by atoms with E-state index in [4.69, 9.17) is 0 Å². The molecule has 0 N–H and O–H groups in total. The van der Waals surface area contributed by atoms with Crippen LogP contribution in [0.25, 0.3) is 0 Å². The maximum Gasteiger partial charge on any atom is 0.223 e. The summed E-state index contributed by atoms with van der Waals surface area (Å²) >= 11 is 0. The normalized spacial score (nSPS) is 14.8. The average molecular weight is 325 g/mol. The molecule has 6 heteroatoms. The van der Waals surface area contributed by atoms with E-state index in [1.807, 2.05) is 24.0 Å². The molecule has 0 radical (unpaired) electrons. The lowest BCUT2D eigenvalue weighted by Gasteiger charge is -2.36. The highest BCUT2D eigenvalue weighted by molar-refractivity contribution is 5.76. The van der Waals surface area contributed by atoms with E-state index < -0.39 is 0 Å². The first-order chi connectivity index (χ1) is 11.6. The van der Waals surface area contributed by atoms with Crippen LogP contribution in [-0.4, -0.2) is 51.9 Å². The van der Waals surface area contributed by atoms with Crippen LogP contribution >= 0.6 is 0 Å². The van der Waals surface area contributed by atoms with Crippen molar-refractivity contribution in [2.24, 2.45) is 0 Å². The third-order valence-electron chi connectivity index (χ3n) is 4.62. The van der Waals surface area contributed by atoms with Gasteiger partial charge in [-0.3, -0.25) is 9.78 Å². The molecule has 2 aromatic rings. The van der Waals surface area contributed by atoms with Crippen LogP contribution in [-0.2, 0) is 11.2 Å². The van der Waals surface area contributed by atoms with E-state index in [1.165, 1.54) is 0 Å². The molecule has 126 valence electrons. The van der Waals surface area contributed by atoms with Crippen LogP contribution in [0.4, 0.5) is 5.82 Å². The van der Waals surface area contributed by atoms with Gasteiger partial charge >= 0.3 is 0 Å². The molecule has 3 heterocycles. The summed E-state index contributed by atoms with van der Waals surface area (Å²) in [4.78, 5) is 29.2. The Hall–Kier alpha value is -2.50. The van der Waals surface area contributed by atoms with Crippen molar-refractivity contribution in [3.05, 3.63) is 47.7 Å². The number of hydrogen-bond donors (Lipinski definition) is 0. The predicted molar refractivity (Wildman–Crippen MR) is 92.9 cm³/mol. The van der Waals surface area contributed by atoms with E-state index in [0.717, 1.165) is 55.2 Å². The highest BCUT2D eigenvalue weighted by Crippen LogP contribution is 2.20. The minimum Gasteiger partial charge on any atom is -0.353 e. The van der Waals surface area contributed by atoms with Gasteiger partial charge in [-0.05, 0) is 38.0 Å². The van der Waals surface area contributed by atoms with Gasteiger partial charge in [-0.25, -0.2) is 9.97 Å². The number of piperazine rings is 1. The lowest BCUT2D eigenvalue weighted by molar-refractivity contribution is -0.131. The zero-order chi connectivity index (χ0) is 16.9. The minimum atomic E-state index is 0.224. The molecule has 1 aliphatic heterocycles. The Morgan fingerprint density at radius 1 is 1.08 bits per heavy atom. The Balaban J connectivity index is 1.53. The lowest BCUT2D eigenvalue weighted by atomic mass is 10.1. The zero-order valence-electron chi connectivity index (χ0n) is 14.3. The van der Waals surface area contributed by atoms with E-state index in [2.05, 4.69) is 26.8 Å². The fourth-order valence-corrected chi connectivity index (χ4v) is 2.97. The molecule has 0 aliphatic carbocycles. The van der Waals surface area contributed by atoms with Crippen LogP contribution in [0, 0.1) is 13.8 Å². The van der Waals surface area contributed by atoms with Crippen LogP contribution < -0.4 is 4.90 Å². The van der Waals surface area contributed by atoms with E-state index in [0.29, 0.717) is 6.42 Å². The first-order valence-corrected chi connectivity index (χ1v) is 8.35. The van der Waals surface area contributed by atoms with Gasteiger partial charge in [0.15, 0.2) is 0 Å². The van der Waals surface area contributed by atoms with Gasteiger partial charge in [0.1, 0.15) is 12.1 Å². The number of carbonyl (C=O) groups excluding carboxylic acids is 1. The molecular formula is C18H23N5O. The Labute approximate surface area is 142 Å². The van der Waals surface area contributed by atoms with Crippen molar-refractivity contribution < 1.29 is 4.79 Å². The van der Waals surface area contributed by atoms with E-state index in [1.54, 1.807) is 18.7 Å². The number of amides is 1. The number of pyridine rings is 1. The second-order valence-electron chi connectivity index (χ2n) is 6.13. The van der Waals surface area contributed by atoms with Gasteiger partial charge in [0, 0.05) is 56.3 Å². The molecule has 1 amide bonds. The van der Waals surface area contributed by atoms with Crippen molar-refractivity contribution in [2.45, 2.75) is 26.7 Å². The number of aromatic nitrogens is 3. The second-order valence-corrected chi connectivity index (χ2v) is 6.13. The number of carbonyl (C=O) groups is 1. The number of rotatable bonds is 4. The molecule has 0 spiro atoms. The molecular weight excluding hydrogens is 302 g/mol. The summed E-state index contributed by atoms with van der Waals surface area (Å²) in [5.74, 6) is 1.22. The Kier molecular flexibility index (Phi) is 5.03. The fraction of sp³-hybridized carbons (Fsp3) is 0.444. The van der Waals surface area contributed by atoms with Crippen molar-refractivity contribution in [2.75, 3.05) is 31.1 Å². The summed E-state index contributed by atoms with van der Waals surface area (Å²) in [6, 6.07) is 3.93. The van der Waals surface area contributed by atoms with Crippen molar-refractivity contribution in [1.29, 1.82) is 0 Å². The monoisotopic (exact) mass is 325 g/mol. The average Bonchev–Trinajstić information content (AvgIpc) is 2.63. The molecule has 0 aromatic carbocycles. The fourth-order valence-electron chi connectivity index (χ4n) is 2.97. The molecule has 1 fully saturated rings. The van der Waals surface area contributed by atoms with Gasteiger partial charge in [0.25, 0.3) is 0 Å². The molecule has 6 nitrogen and oxygen atoms in total. The highest BCUT2D eigenvalue weighted by atomic mass is 16.2. The number of anilines is 1. The molecule has 2 aromatic heterocycles. The smallest absolute Gasteiger partial charge is 0.223 e. The summed E-state index contributed by atoms with van der Waals surface area (Å²) in [6.07, 6.45) is 6.47. The van der Waals surface area contributed by atoms with Gasteiger partial charge in [0.2, 0.25) is 5.91 Å². The predicted octanol–water partition coefficient (Wildman–Crippen LogP) is 1.77. The zero-order valence-corrected chi connectivity index (χ0v) is 14.3. The number of aryl methyl sites for hydroxylation is 2. The number of hydrogen-bond acceptors (Lipinski definition) is 5. The second kappa shape index (κ2) is 7.38. The van der Waals surface area contributed by atoms with Gasteiger partial charge in [-0.1, -0.05) is 0 Å². The molecule has 1 saturated heterocycles. The first kappa shape index (κ1) is 16.4. The van der Waals surface area contributed by atoms with Crippen LogP contribution in [0.15, 0.2) is 30.9 Å². The molecule has 24 heavy (non-hydrogen) atoms. The van der Waals surface area contributed by atoms with Crippen molar-refractivity contribution in [3.8, 4) is 0 Å². The standard InChI is InChI=1S/C18H23N5O/c1-14-15(2)20-13-21-18(14)23-11-9-22(10-12-23)17(24)4-3-16-5-7-19-8-6-16/h5-8,13H,3-4,9-12H2,1-2H3. The van der Waals surface area contributed by atoms with Crippen LogP contribution in [0.5, 0.6) is 0 Å². The van der Waals surface area contributed by atoms with Crippen molar-refractivity contribution in [3.63, 3.8) is 0 Å². The number of nitrogens with zero attached hydrogens (tertiary/aromatic N) is 5. The highest BCUT2D eigenvalue weighted by Gasteiger charge is 2.22. The van der Waals surface area contributed by atoms with Crippen LogP contribution in [0.2, 0.25) is 0 Å². The molecule has 0 saturated carbocycles. The SMILES string of the molecule is Cc1ncnc(N2CCN(C(=O)CCc3ccncc3)CC2)c1C. The van der Waals surface area contributed by atoms with Crippen LogP contribution in [0.1, 0.15) is 23.2 Å². The quantitative estimate of drug-likeness (QED) is 0.857. The third-order valence-corrected chi connectivity index (χ3v) is 4.62. The summed E-state index contributed by atoms with van der Waals surface area (Å²) < 4.78 is 0. The van der Waals surface area contributed by atoms with E-state index >= 15 is 0 Å². The third kappa shape index (κ3) is 3.69. The maximum atomic E-state index is 12.4. The molecule has 0 atom stereocenters. The Bertz CT molecular complexity index is 696. The topological polar surface area (TPSA) is 62.2 Å². The van der Waals surface area contributed by atoms with E-state index in [9.17, 15) is 4.79 Å². The summed E-state index contributed by atoms with van der Waals surface area (Å²) in [5, 5.41) is 0.